The molecule has 44 heavy (non-hydrogen) atoms. The number of hydrogen-bond acceptors (Lipinski definition) is 0. The molecule has 4 bridgehead atoms. The van der Waals surface area contributed by atoms with E-state index >= 15 is 0 Å². The molecule has 0 nitrogen and oxygen atoms in total. The first-order valence-electron chi connectivity index (χ1n) is 18.1. The third-order valence-electron chi connectivity index (χ3n) is 11.6. The van der Waals surface area contributed by atoms with Crippen LogP contribution in [0.1, 0.15) is 165 Å². The summed E-state index contributed by atoms with van der Waals surface area (Å²) in [6, 6.07) is 17.9. The Morgan fingerprint density at radius 1 is 0.523 bits per heavy atom. The van der Waals surface area contributed by atoms with Crippen LogP contribution in [0.2, 0.25) is 3.93 Å². The fourth-order valence-corrected chi connectivity index (χ4v) is 15.6. The maximum absolute atomic E-state index is 2.58. The molecule has 0 aromatic heterocycles. The fourth-order valence-electron chi connectivity index (χ4n) is 9.11. The predicted octanol–water partition coefficient (Wildman–Crippen LogP) is 12.2. The van der Waals surface area contributed by atoms with E-state index in [1.165, 1.54) is 11.1 Å². The molecule has 1 heteroatoms. The van der Waals surface area contributed by atoms with E-state index in [4.69, 9.17) is 0 Å². The van der Waals surface area contributed by atoms with Crippen LogP contribution >= 0.6 is 0 Å². The van der Waals surface area contributed by atoms with Gasteiger partial charge in [-0.3, -0.25) is 0 Å². The molecule has 4 aliphatic rings. The molecule has 4 fully saturated rings. The number of hydrogen-bond donors (Lipinski definition) is 0. The van der Waals surface area contributed by atoms with Crippen LogP contribution < -0.4 is 3.58 Å². The van der Waals surface area contributed by atoms with Crippen molar-refractivity contribution in [3.63, 3.8) is 0 Å². The molecule has 7 rings (SSSR count). The van der Waals surface area contributed by atoms with Crippen molar-refractivity contribution < 1.29 is 0 Å². The molecule has 0 spiro atoms. The monoisotopic (exact) mass is 694 g/mol. The van der Waals surface area contributed by atoms with E-state index in [0.717, 1.165) is 27.6 Å². The van der Waals surface area contributed by atoms with Gasteiger partial charge in [0.05, 0.1) is 0 Å². The normalized spacial score (nSPS) is 23.9. The summed E-state index contributed by atoms with van der Waals surface area (Å²) in [6.07, 6.45) is 3.10. The Hall–Kier alpha value is -1.54. The van der Waals surface area contributed by atoms with Crippen molar-refractivity contribution >= 4 is 24.7 Å². The molecule has 0 amide bonds. The first kappa shape index (κ1) is 32.4. The molecule has 3 unspecified atom stereocenters. The fraction of sp³-hybridized carbons (Fsp3) is 0.581. The molecule has 0 heterocycles. The Bertz CT molecular complexity index is 1370. The van der Waals surface area contributed by atoms with E-state index in [1.54, 1.807) is 57.3 Å². The van der Waals surface area contributed by atoms with Gasteiger partial charge in [-0.15, -0.1) is 0 Å². The van der Waals surface area contributed by atoms with Gasteiger partial charge >= 0.3 is 282 Å². The first-order valence-corrected chi connectivity index (χ1v) is 21.1. The summed E-state index contributed by atoms with van der Waals surface area (Å²) in [6.45, 7) is 28.9. The van der Waals surface area contributed by atoms with Gasteiger partial charge in [0.2, 0.25) is 0 Å². The summed E-state index contributed by atoms with van der Waals surface area (Å²) in [7, 11) is 0. The van der Waals surface area contributed by atoms with E-state index < -0.39 is 21.1 Å². The Morgan fingerprint density at radius 2 is 0.886 bits per heavy atom. The van der Waals surface area contributed by atoms with E-state index in [9.17, 15) is 0 Å². The van der Waals surface area contributed by atoms with Gasteiger partial charge in [0, 0.05) is 0 Å². The minimum atomic E-state index is -0.897. The zero-order valence-corrected chi connectivity index (χ0v) is 32.7. The zero-order valence-electron chi connectivity index (χ0n) is 29.8. The van der Waals surface area contributed by atoms with E-state index in [-0.39, 0.29) is 0 Å². The summed E-state index contributed by atoms with van der Waals surface area (Å²) < 4.78 is 2.86. The molecule has 4 aliphatic carbocycles. The Kier molecular flexibility index (Phi) is 9.01. The van der Waals surface area contributed by atoms with Crippen molar-refractivity contribution in [3.05, 3.63) is 75.8 Å². The molecule has 234 valence electrons. The second-order valence-electron chi connectivity index (χ2n) is 16.6. The predicted molar refractivity (Wildman–Crippen MR) is 194 cm³/mol. The molecular formula is C43H58Sn. The van der Waals surface area contributed by atoms with Gasteiger partial charge in [0.25, 0.3) is 0 Å². The van der Waals surface area contributed by atoms with Gasteiger partial charge < -0.3 is 0 Å². The molecule has 3 aromatic rings. The zero-order chi connectivity index (χ0) is 31.8. The molecule has 0 aliphatic heterocycles. The van der Waals surface area contributed by atoms with Gasteiger partial charge in [-0.2, -0.15) is 0 Å². The number of rotatable bonds is 10. The van der Waals surface area contributed by atoms with E-state index in [1.807, 2.05) is 3.58 Å². The van der Waals surface area contributed by atoms with Crippen LogP contribution in [0.15, 0.2) is 42.5 Å². The molecule has 4 saturated carbocycles. The van der Waals surface area contributed by atoms with Crippen LogP contribution in [-0.2, 0) is 0 Å². The topological polar surface area (TPSA) is 0 Å². The molecule has 3 atom stereocenters. The molecule has 0 N–H and O–H groups in total. The number of benzene rings is 3. The summed E-state index contributed by atoms with van der Waals surface area (Å²) in [5.41, 5.74) is 15.7. The average molecular weight is 694 g/mol. The van der Waals surface area contributed by atoms with Crippen LogP contribution in [0.3, 0.4) is 0 Å². The second kappa shape index (κ2) is 12.2. The van der Waals surface area contributed by atoms with Gasteiger partial charge in [-0.25, -0.2) is 0 Å². The first-order chi connectivity index (χ1) is 20.8. The van der Waals surface area contributed by atoms with Crippen molar-refractivity contribution in [2.75, 3.05) is 0 Å². The third kappa shape index (κ3) is 5.56. The summed E-state index contributed by atoms with van der Waals surface area (Å²) in [5, 5.41) is 0. The molecule has 3 aromatic carbocycles. The van der Waals surface area contributed by atoms with Crippen LogP contribution in [-0.4, -0.2) is 21.1 Å². The molecule has 2 radical (unpaired) electrons. The summed E-state index contributed by atoms with van der Waals surface area (Å²) in [5.74, 6) is 7.35. The SMILES string of the molecule is CC(C)c1cc(C(C)C)c(-c2cccc(-c3c(C(C)C)cc(C(C)C)cc3C(C)C)[c]2[Sn][CH]2C3CC4C(C3)C42)c(C(C)C)c1. The van der Waals surface area contributed by atoms with Gasteiger partial charge in [-0.05, 0) is 0 Å². The maximum atomic E-state index is 2.58. The Morgan fingerprint density at radius 3 is 1.16 bits per heavy atom. The van der Waals surface area contributed by atoms with Gasteiger partial charge in [0.15, 0.2) is 0 Å². The van der Waals surface area contributed by atoms with E-state index in [0.29, 0.717) is 35.5 Å². The van der Waals surface area contributed by atoms with Crippen LogP contribution in [0.25, 0.3) is 22.3 Å². The van der Waals surface area contributed by atoms with Gasteiger partial charge in [-0.1, -0.05) is 0 Å². The Balaban J connectivity index is 1.67. The van der Waals surface area contributed by atoms with E-state index in [2.05, 4.69) is 126 Å². The van der Waals surface area contributed by atoms with Crippen LogP contribution in [0.5, 0.6) is 0 Å². The van der Waals surface area contributed by atoms with Crippen molar-refractivity contribution in [1.82, 2.24) is 0 Å². The third-order valence-corrected chi connectivity index (χ3v) is 17.4. The van der Waals surface area contributed by atoms with Crippen molar-refractivity contribution in [2.24, 2.45) is 23.7 Å². The molecule has 0 saturated heterocycles. The van der Waals surface area contributed by atoms with Crippen molar-refractivity contribution in [1.29, 1.82) is 0 Å². The average Bonchev–Trinajstić information content (AvgIpc) is 3.24. The minimum absolute atomic E-state index is 0.498. The summed E-state index contributed by atoms with van der Waals surface area (Å²) in [4.78, 5) is 0. The quantitative estimate of drug-likeness (QED) is 0.186. The standard InChI is InChI=1S/C36H49.C7H9.Sn/c1-21(2)29-17-31(23(5)6)35(32(18-29)24(7)8)27-14-13-15-28(16-27)36-33(25(9)10)19-30(22(3)4)20-34(36)26(11)12;1-4-2-6-5(1)7(6)3-4;/h13-15,17-26H,1-12H3;1,4-7H,2-3H2;. The summed E-state index contributed by atoms with van der Waals surface area (Å²) >= 11 is -0.897. The van der Waals surface area contributed by atoms with Crippen molar-refractivity contribution in [2.45, 2.75) is 135 Å². The van der Waals surface area contributed by atoms with Crippen molar-refractivity contribution in [3.8, 4) is 22.3 Å². The van der Waals surface area contributed by atoms with Crippen LogP contribution in [0, 0.1) is 23.7 Å². The van der Waals surface area contributed by atoms with Crippen LogP contribution in [0.4, 0.5) is 0 Å². The van der Waals surface area contributed by atoms with Gasteiger partial charge in [0.1, 0.15) is 0 Å². The molecular weight excluding hydrogens is 635 g/mol. The second-order valence-corrected chi connectivity index (χ2v) is 20.8. The Labute approximate surface area is 280 Å².